The molecule has 0 radical (unpaired) electrons. The molecule has 128 valence electrons. The van der Waals surface area contributed by atoms with Crippen LogP contribution in [0.2, 0.25) is 0 Å². The molecule has 0 spiro atoms. The van der Waals surface area contributed by atoms with Gasteiger partial charge in [-0.15, -0.1) is 0 Å². The maximum absolute atomic E-state index is 12.3. The number of carbonyl (C=O) groups is 1. The van der Waals surface area contributed by atoms with Gasteiger partial charge in [-0.1, -0.05) is 54.6 Å². The van der Waals surface area contributed by atoms with E-state index in [0.29, 0.717) is 36.8 Å². The predicted molar refractivity (Wildman–Crippen MR) is 93.0 cm³/mol. The van der Waals surface area contributed by atoms with Gasteiger partial charge in [0.25, 0.3) is 0 Å². The van der Waals surface area contributed by atoms with E-state index in [2.05, 4.69) is 0 Å². The molecule has 4 nitrogen and oxygen atoms in total. The molecule has 0 saturated heterocycles. The fourth-order valence-corrected chi connectivity index (χ4v) is 2.58. The van der Waals surface area contributed by atoms with Crippen LogP contribution in [-0.4, -0.2) is 39.9 Å². The second kappa shape index (κ2) is 9.33. The quantitative estimate of drug-likeness (QED) is 0.488. The monoisotopic (exact) mass is 328 g/mol. The van der Waals surface area contributed by atoms with Crippen molar-refractivity contribution in [2.45, 2.75) is 37.9 Å². The van der Waals surface area contributed by atoms with E-state index in [1.54, 1.807) is 36.4 Å². The molecule has 0 bridgehead atoms. The van der Waals surface area contributed by atoms with E-state index in [1.807, 2.05) is 18.2 Å². The Balaban J connectivity index is 1.93. The summed E-state index contributed by atoms with van der Waals surface area (Å²) in [6.07, 6.45) is 0.452. The summed E-state index contributed by atoms with van der Waals surface area (Å²) in [5, 5.41) is 28.7. The Kier molecular flexibility index (Phi) is 7.12. The van der Waals surface area contributed by atoms with Gasteiger partial charge in [0.1, 0.15) is 0 Å². The molecule has 24 heavy (non-hydrogen) atoms. The molecule has 0 heterocycles. The third kappa shape index (κ3) is 5.27. The lowest BCUT2D eigenvalue weighted by Gasteiger charge is -2.17. The molecule has 2 aromatic rings. The van der Waals surface area contributed by atoms with Crippen molar-refractivity contribution in [3.05, 3.63) is 71.3 Å². The topological polar surface area (TPSA) is 77.8 Å². The van der Waals surface area contributed by atoms with E-state index in [4.69, 9.17) is 5.11 Å². The minimum atomic E-state index is -0.848. The van der Waals surface area contributed by atoms with E-state index >= 15 is 0 Å². The Morgan fingerprint density at radius 2 is 1.46 bits per heavy atom. The number of benzene rings is 2. The Hall–Kier alpha value is -2.01. The summed E-state index contributed by atoms with van der Waals surface area (Å²) in [7, 11) is 0. The van der Waals surface area contributed by atoms with Crippen LogP contribution in [0.5, 0.6) is 0 Å². The maximum atomic E-state index is 12.3. The van der Waals surface area contributed by atoms with Crippen LogP contribution in [-0.2, 0) is 6.42 Å². The Morgan fingerprint density at radius 3 is 2.08 bits per heavy atom. The van der Waals surface area contributed by atoms with Gasteiger partial charge in [0, 0.05) is 24.2 Å². The first-order valence-corrected chi connectivity index (χ1v) is 8.27. The van der Waals surface area contributed by atoms with E-state index < -0.39 is 12.2 Å². The highest BCUT2D eigenvalue weighted by Gasteiger charge is 2.16. The van der Waals surface area contributed by atoms with Crippen molar-refractivity contribution in [1.82, 2.24) is 0 Å². The van der Waals surface area contributed by atoms with Crippen LogP contribution >= 0.6 is 0 Å². The SMILES string of the molecule is O=C(c1ccccc1)c1ccc(CC(O)C(O)CCCCO)cc1. The van der Waals surface area contributed by atoms with Crippen LogP contribution in [0.4, 0.5) is 0 Å². The number of aliphatic hydroxyl groups excluding tert-OH is 3. The zero-order valence-electron chi connectivity index (χ0n) is 13.6. The molecule has 0 aromatic heterocycles. The molecule has 0 saturated carbocycles. The first-order chi connectivity index (χ1) is 11.6. The normalized spacial score (nSPS) is 13.5. The standard InChI is InChI=1S/C20H24O4/c21-13-5-4-8-18(22)19(23)14-15-9-11-17(12-10-15)20(24)16-6-2-1-3-7-16/h1-3,6-7,9-12,18-19,21-23H,4-5,8,13-14H2. The molecule has 0 aliphatic carbocycles. The minimum absolute atomic E-state index is 0.0354. The lowest BCUT2D eigenvalue weighted by Crippen LogP contribution is -2.28. The Morgan fingerprint density at radius 1 is 0.833 bits per heavy atom. The van der Waals surface area contributed by atoms with Gasteiger partial charge in [-0.05, 0) is 24.8 Å². The summed E-state index contributed by atoms with van der Waals surface area (Å²) >= 11 is 0. The van der Waals surface area contributed by atoms with Crippen LogP contribution < -0.4 is 0 Å². The fourth-order valence-electron chi connectivity index (χ4n) is 2.58. The first kappa shape index (κ1) is 18.3. The molecule has 2 unspecified atom stereocenters. The van der Waals surface area contributed by atoms with Gasteiger partial charge >= 0.3 is 0 Å². The first-order valence-electron chi connectivity index (χ1n) is 8.27. The number of carbonyl (C=O) groups excluding carboxylic acids is 1. The number of unbranched alkanes of at least 4 members (excludes halogenated alkanes) is 1. The van der Waals surface area contributed by atoms with Gasteiger partial charge in [-0.3, -0.25) is 4.79 Å². The van der Waals surface area contributed by atoms with Crippen molar-refractivity contribution in [2.24, 2.45) is 0 Å². The highest BCUT2D eigenvalue weighted by molar-refractivity contribution is 6.08. The fraction of sp³-hybridized carbons (Fsp3) is 0.350. The molecule has 0 aliphatic rings. The largest absolute Gasteiger partial charge is 0.396 e. The van der Waals surface area contributed by atoms with Crippen molar-refractivity contribution in [1.29, 1.82) is 0 Å². The average Bonchev–Trinajstić information content (AvgIpc) is 2.62. The summed E-state index contributed by atoms with van der Waals surface area (Å²) < 4.78 is 0. The smallest absolute Gasteiger partial charge is 0.193 e. The van der Waals surface area contributed by atoms with E-state index in [1.165, 1.54) is 0 Å². The van der Waals surface area contributed by atoms with Crippen molar-refractivity contribution in [3.8, 4) is 0 Å². The lowest BCUT2D eigenvalue weighted by atomic mass is 9.97. The zero-order chi connectivity index (χ0) is 17.4. The number of ketones is 1. The number of rotatable bonds is 9. The zero-order valence-corrected chi connectivity index (χ0v) is 13.6. The van der Waals surface area contributed by atoms with Gasteiger partial charge < -0.3 is 15.3 Å². The van der Waals surface area contributed by atoms with Crippen molar-refractivity contribution in [2.75, 3.05) is 6.61 Å². The number of hydrogen-bond acceptors (Lipinski definition) is 4. The highest BCUT2D eigenvalue weighted by Crippen LogP contribution is 2.14. The Labute approximate surface area is 142 Å². The Bertz CT molecular complexity index is 622. The van der Waals surface area contributed by atoms with Crippen LogP contribution in [0.25, 0.3) is 0 Å². The van der Waals surface area contributed by atoms with Crippen LogP contribution in [0, 0.1) is 0 Å². The van der Waals surface area contributed by atoms with Crippen molar-refractivity contribution in [3.63, 3.8) is 0 Å². The van der Waals surface area contributed by atoms with E-state index in [-0.39, 0.29) is 12.4 Å². The molecular formula is C20H24O4. The second-order valence-corrected chi connectivity index (χ2v) is 5.95. The van der Waals surface area contributed by atoms with Gasteiger partial charge in [0.05, 0.1) is 12.2 Å². The predicted octanol–water partition coefficient (Wildman–Crippen LogP) is 2.34. The number of hydrogen-bond donors (Lipinski definition) is 3. The second-order valence-electron chi connectivity index (χ2n) is 5.95. The maximum Gasteiger partial charge on any atom is 0.193 e. The van der Waals surface area contributed by atoms with E-state index in [0.717, 1.165) is 5.56 Å². The molecule has 2 atom stereocenters. The molecule has 0 fully saturated rings. The summed E-state index contributed by atoms with van der Waals surface area (Å²) in [6.45, 7) is 0.0969. The molecule has 2 aromatic carbocycles. The molecule has 0 amide bonds. The summed E-state index contributed by atoms with van der Waals surface area (Å²) in [6, 6.07) is 16.2. The van der Waals surface area contributed by atoms with Crippen LogP contribution in [0.1, 0.15) is 40.7 Å². The van der Waals surface area contributed by atoms with Gasteiger partial charge in [0.15, 0.2) is 5.78 Å². The van der Waals surface area contributed by atoms with Crippen LogP contribution in [0.3, 0.4) is 0 Å². The van der Waals surface area contributed by atoms with Gasteiger partial charge in [-0.2, -0.15) is 0 Å². The molecular weight excluding hydrogens is 304 g/mol. The third-order valence-corrected chi connectivity index (χ3v) is 4.05. The molecule has 2 rings (SSSR count). The highest BCUT2D eigenvalue weighted by atomic mass is 16.3. The van der Waals surface area contributed by atoms with Crippen molar-refractivity contribution >= 4 is 5.78 Å². The molecule has 0 aliphatic heterocycles. The summed E-state index contributed by atoms with van der Waals surface area (Å²) in [5.74, 6) is -0.0354. The average molecular weight is 328 g/mol. The molecule has 3 N–H and O–H groups in total. The minimum Gasteiger partial charge on any atom is -0.396 e. The molecule has 4 heteroatoms. The third-order valence-electron chi connectivity index (χ3n) is 4.05. The van der Waals surface area contributed by atoms with Crippen molar-refractivity contribution < 1.29 is 20.1 Å². The summed E-state index contributed by atoms with van der Waals surface area (Å²) in [4.78, 5) is 12.3. The summed E-state index contributed by atoms with van der Waals surface area (Å²) in [5.41, 5.74) is 2.11. The van der Waals surface area contributed by atoms with Crippen LogP contribution in [0.15, 0.2) is 54.6 Å². The number of aliphatic hydroxyl groups is 3. The van der Waals surface area contributed by atoms with Gasteiger partial charge in [-0.25, -0.2) is 0 Å². The van der Waals surface area contributed by atoms with Gasteiger partial charge in [0.2, 0.25) is 0 Å². The lowest BCUT2D eigenvalue weighted by molar-refractivity contribution is 0.0132. The van der Waals surface area contributed by atoms with E-state index in [9.17, 15) is 15.0 Å².